The third kappa shape index (κ3) is 3.38. The van der Waals surface area contributed by atoms with Gasteiger partial charge in [-0.15, -0.1) is 0 Å². The normalized spacial score (nSPS) is 10.3. The van der Waals surface area contributed by atoms with Crippen molar-refractivity contribution in [1.82, 2.24) is 4.98 Å². The highest BCUT2D eigenvalue weighted by molar-refractivity contribution is 5.80. The van der Waals surface area contributed by atoms with Gasteiger partial charge in [-0.05, 0) is 36.4 Å². The Balaban J connectivity index is 1.56. The van der Waals surface area contributed by atoms with Crippen LogP contribution < -0.4 is 14.2 Å². The van der Waals surface area contributed by atoms with Gasteiger partial charge in [0, 0.05) is 23.2 Å². The Morgan fingerprint density at radius 2 is 1.83 bits per heavy atom. The van der Waals surface area contributed by atoms with E-state index in [2.05, 4.69) is 11.1 Å². The second kappa shape index (κ2) is 6.75. The third-order valence-corrected chi connectivity index (χ3v) is 3.44. The number of hydrogen-bond acceptors (Lipinski definition) is 4. The summed E-state index contributed by atoms with van der Waals surface area (Å²) in [5.41, 5.74) is 1.52. The summed E-state index contributed by atoms with van der Waals surface area (Å²) in [6.07, 6.45) is 1.89. The lowest BCUT2D eigenvalue weighted by Crippen LogP contribution is -2.09. The molecule has 0 saturated carbocycles. The van der Waals surface area contributed by atoms with Crippen molar-refractivity contribution in [1.29, 1.82) is 5.26 Å². The minimum absolute atomic E-state index is 0.353. The predicted octanol–water partition coefficient (Wildman–Crippen LogP) is 3.51. The summed E-state index contributed by atoms with van der Waals surface area (Å²) in [4.78, 5) is 3.14. The van der Waals surface area contributed by atoms with Gasteiger partial charge in [0.15, 0.2) is 0 Å². The number of nitrogens with one attached hydrogen (secondary N) is 1. The van der Waals surface area contributed by atoms with E-state index in [0.717, 1.165) is 16.7 Å². The second-order valence-corrected chi connectivity index (χ2v) is 4.90. The van der Waals surface area contributed by atoms with E-state index in [1.807, 2.05) is 30.5 Å². The molecule has 0 saturated heterocycles. The van der Waals surface area contributed by atoms with Crippen LogP contribution in [0.3, 0.4) is 0 Å². The minimum atomic E-state index is 0.353. The van der Waals surface area contributed by atoms with E-state index in [-0.39, 0.29) is 0 Å². The maximum absolute atomic E-state index is 9.13. The van der Waals surface area contributed by atoms with Crippen molar-refractivity contribution in [3.63, 3.8) is 0 Å². The number of nitriles is 1. The van der Waals surface area contributed by atoms with Crippen molar-refractivity contribution in [3.8, 4) is 23.3 Å². The van der Waals surface area contributed by atoms with Crippen LogP contribution in [0, 0.1) is 11.3 Å². The first kappa shape index (κ1) is 14.8. The van der Waals surface area contributed by atoms with E-state index in [0.29, 0.717) is 30.3 Å². The molecule has 0 amide bonds. The van der Waals surface area contributed by atoms with Crippen molar-refractivity contribution >= 4 is 10.9 Å². The number of methoxy groups -OCH3 is 1. The number of benzene rings is 2. The van der Waals surface area contributed by atoms with Crippen LogP contribution in [0.1, 0.15) is 5.56 Å². The van der Waals surface area contributed by atoms with Crippen LogP contribution >= 0.6 is 0 Å². The molecule has 1 heterocycles. The standard InChI is InChI=1S/C18H16N2O3/c1-21-15-3-5-18(14(11-15)12-19)23-9-8-22-16-2-4-17-13(10-16)6-7-20-17/h2-7,10-11,20H,8-9H2,1H3. The molecule has 0 unspecified atom stereocenters. The van der Waals surface area contributed by atoms with Gasteiger partial charge in [0.1, 0.15) is 36.5 Å². The number of hydrogen-bond donors (Lipinski definition) is 1. The number of nitrogens with zero attached hydrogens (tertiary/aromatic N) is 1. The van der Waals surface area contributed by atoms with Crippen LogP contribution in [-0.4, -0.2) is 25.3 Å². The molecule has 0 radical (unpaired) electrons. The quantitative estimate of drug-likeness (QED) is 0.708. The summed E-state index contributed by atoms with van der Waals surface area (Å²) in [5, 5.41) is 10.2. The third-order valence-electron chi connectivity index (χ3n) is 3.44. The summed E-state index contributed by atoms with van der Waals surface area (Å²) >= 11 is 0. The van der Waals surface area contributed by atoms with Crippen molar-refractivity contribution in [3.05, 3.63) is 54.2 Å². The molecule has 3 aromatic rings. The Morgan fingerprint density at radius 1 is 1.00 bits per heavy atom. The fraction of sp³-hybridized carbons (Fsp3) is 0.167. The molecule has 5 heteroatoms. The van der Waals surface area contributed by atoms with Crippen LogP contribution in [0.2, 0.25) is 0 Å². The zero-order chi connectivity index (χ0) is 16.1. The first-order chi connectivity index (χ1) is 11.3. The van der Waals surface area contributed by atoms with Gasteiger partial charge in [-0.3, -0.25) is 0 Å². The maximum Gasteiger partial charge on any atom is 0.137 e. The van der Waals surface area contributed by atoms with Gasteiger partial charge in [-0.1, -0.05) is 0 Å². The minimum Gasteiger partial charge on any atom is -0.497 e. The van der Waals surface area contributed by atoms with E-state index in [1.165, 1.54) is 0 Å². The van der Waals surface area contributed by atoms with Gasteiger partial charge < -0.3 is 19.2 Å². The molecule has 23 heavy (non-hydrogen) atoms. The summed E-state index contributed by atoms with van der Waals surface area (Å²) in [7, 11) is 1.56. The van der Waals surface area contributed by atoms with Gasteiger partial charge >= 0.3 is 0 Å². The van der Waals surface area contributed by atoms with Crippen molar-refractivity contribution in [2.45, 2.75) is 0 Å². The fourth-order valence-electron chi connectivity index (χ4n) is 2.28. The molecule has 2 aromatic carbocycles. The molecule has 0 bridgehead atoms. The number of ether oxygens (including phenoxy) is 3. The molecule has 0 aliphatic heterocycles. The number of aromatic nitrogens is 1. The Kier molecular flexibility index (Phi) is 4.34. The number of H-pyrrole nitrogens is 1. The summed E-state index contributed by atoms with van der Waals surface area (Å²) in [6.45, 7) is 0.749. The van der Waals surface area contributed by atoms with Crippen LogP contribution in [0.5, 0.6) is 17.2 Å². The Morgan fingerprint density at radius 3 is 2.65 bits per heavy atom. The summed E-state index contributed by atoms with van der Waals surface area (Å²) in [5.74, 6) is 1.94. The van der Waals surface area contributed by atoms with Crippen LogP contribution in [-0.2, 0) is 0 Å². The average molecular weight is 308 g/mol. The SMILES string of the molecule is COc1ccc(OCCOc2ccc3[nH]ccc3c2)c(C#N)c1. The van der Waals surface area contributed by atoms with Gasteiger partial charge in [-0.25, -0.2) is 0 Å². The van der Waals surface area contributed by atoms with Crippen LogP contribution in [0.4, 0.5) is 0 Å². The number of fused-ring (bicyclic) bond motifs is 1. The smallest absolute Gasteiger partial charge is 0.137 e. The number of aromatic amines is 1. The Hall–Kier alpha value is -3.13. The highest BCUT2D eigenvalue weighted by Crippen LogP contribution is 2.23. The Bertz CT molecular complexity index is 849. The van der Waals surface area contributed by atoms with Crippen LogP contribution in [0.25, 0.3) is 10.9 Å². The van der Waals surface area contributed by atoms with E-state index in [4.69, 9.17) is 19.5 Å². The van der Waals surface area contributed by atoms with Crippen molar-refractivity contribution in [2.24, 2.45) is 0 Å². The first-order valence-corrected chi connectivity index (χ1v) is 7.21. The lowest BCUT2D eigenvalue weighted by atomic mass is 10.2. The lowest BCUT2D eigenvalue weighted by Gasteiger charge is -2.10. The molecule has 0 atom stereocenters. The highest BCUT2D eigenvalue weighted by atomic mass is 16.5. The number of rotatable bonds is 6. The van der Waals surface area contributed by atoms with Crippen molar-refractivity contribution < 1.29 is 14.2 Å². The second-order valence-electron chi connectivity index (χ2n) is 4.90. The topological polar surface area (TPSA) is 67.3 Å². The lowest BCUT2D eigenvalue weighted by molar-refractivity contribution is 0.217. The molecule has 1 N–H and O–H groups in total. The molecule has 0 fully saturated rings. The largest absolute Gasteiger partial charge is 0.497 e. The van der Waals surface area contributed by atoms with Crippen LogP contribution in [0.15, 0.2) is 48.7 Å². The molecule has 0 aliphatic carbocycles. The van der Waals surface area contributed by atoms with Gasteiger partial charge in [0.05, 0.1) is 12.7 Å². The fourth-order valence-corrected chi connectivity index (χ4v) is 2.28. The Labute approximate surface area is 134 Å². The molecule has 0 aliphatic rings. The molecule has 1 aromatic heterocycles. The van der Waals surface area contributed by atoms with E-state index in [9.17, 15) is 0 Å². The zero-order valence-electron chi connectivity index (χ0n) is 12.7. The van der Waals surface area contributed by atoms with Gasteiger partial charge in [-0.2, -0.15) is 5.26 Å². The van der Waals surface area contributed by atoms with E-state index >= 15 is 0 Å². The maximum atomic E-state index is 9.13. The molecule has 5 nitrogen and oxygen atoms in total. The molecular weight excluding hydrogens is 292 g/mol. The van der Waals surface area contributed by atoms with Gasteiger partial charge in [0.25, 0.3) is 0 Å². The van der Waals surface area contributed by atoms with Crippen molar-refractivity contribution in [2.75, 3.05) is 20.3 Å². The predicted molar refractivity (Wildman–Crippen MR) is 87.0 cm³/mol. The first-order valence-electron chi connectivity index (χ1n) is 7.21. The summed E-state index contributed by atoms with van der Waals surface area (Å²) in [6, 6.07) is 15.1. The molecule has 0 spiro atoms. The van der Waals surface area contributed by atoms with Gasteiger partial charge in [0.2, 0.25) is 0 Å². The average Bonchev–Trinajstić information content (AvgIpc) is 3.06. The summed E-state index contributed by atoms with van der Waals surface area (Å²) < 4.78 is 16.4. The highest BCUT2D eigenvalue weighted by Gasteiger charge is 2.05. The van der Waals surface area contributed by atoms with E-state index in [1.54, 1.807) is 25.3 Å². The van der Waals surface area contributed by atoms with E-state index < -0.39 is 0 Å². The monoisotopic (exact) mass is 308 g/mol. The molecular formula is C18H16N2O3. The molecule has 116 valence electrons. The zero-order valence-corrected chi connectivity index (χ0v) is 12.7. The molecule has 3 rings (SSSR count).